The van der Waals surface area contributed by atoms with Gasteiger partial charge in [0.05, 0.1) is 20.2 Å². The van der Waals surface area contributed by atoms with E-state index in [9.17, 15) is 0 Å². The molecule has 0 amide bonds. The van der Waals surface area contributed by atoms with Crippen molar-refractivity contribution in [3.8, 4) is 0 Å². The van der Waals surface area contributed by atoms with Crippen molar-refractivity contribution in [1.82, 2.24) is 25.5 Å². The number of hydrogen-bond acceptors (Lipinski definition) is 5. The van der Waals surface area contributed by atoms with E-state index < -0.39 is 0 Å². The molecule has 0 aromatic carbocycles. The number of tetrazole rings is 1. The predicted octanol–water partition coefficient (Wildman–Crippen LogP) is -0.275. The largest absolute Gasteiger partial charge is 0.383 e. The quantitative estimate of drug-likeness (QED) is 0.707. The maximum atomic E-state index is 5.08. The van der Waals surface area contributed by atoms with Crippen LogP contribution in [0, 0.1) is 0 Å². The second-order valence-electron chi connectivity index (χ2n) is 3.87. The highest BCUT2D eigenvalue weighted by atomic mass is 16.5. The molecule has 6 heteroatoms. The van der Waals surface area contributed by atoms with Gasteiger partial charge in [0.2, 0.25) is 0 Å². The number of ether oxygens (including phenoxy) is 1. The van der Waals surface area contributed by atoms with Gasteiger partial charge in [0.25, 0.3) is 0 Å². The van der Waals surface area contributed by atoms with Gasteiger partial charge in [0, 0.05) is 12.6 Å². The Labute approximate surface area is 83.6 Å². The van der Waals surface area contributed by atoms with Crippen molar-refractivity contribution in [2.24, 2.45) is 7.05 Å². The first-order chi connectivity index (χ1) is 6.53. The Kier molecular flexibility index (Phi) is 3.54. The second kappa shape index (κ2) is 4.47. The van der Waals surface area contributed by atoms with Gasteiger partial charge in [-0.25, -0.2) is 0 Å². The van der Waals surface area contributed by atoms with Gasteiger partial charge in [0.1, 0.15) is 0 Å². The SMILES string of the molecule is COCC(C)(C)NCc1nnn(C)n1. The Morgan fingerprint density at radius 2 is 2.21 bits per heavy atom. The molecule has 0 fully saturated rings. The van der Waals surface area contributed by atoms with E-state index in [-0.39, 0.29) is 5.54 Å². The minimum absolute atomic E-state index is 0.0754. The average molecular weight is 199 g/mol. The van der Waals surface area contributed by atoms with Crippen LogP contribution >= 0.6 is 0 Å². The molecule has 0 aliphatic heterocycles. The summed E-state index contributed by atoms with van der Waals surface area (Å²) in [6.07, 6.45) is 0. The number of hydrogen-bond donors (Lipinski definition) is 1. The molecule has 0 unspecified atom stereocenters. The molecule has 0 atom stereocenters. The maximum Gasteiger partial charge on any atom is 0.188 e. The monoisotopic (exact) mass is 199 g/mol. The first kappa shape index (κ1) is 11.1. The van der Waals surface area contributed by atoms with Gasteiger partial charge in [0.15, 0.2) is 5.82 Å². The highest BCUT2D eigenvalue weighted by Gasteiger charge is 2.17. The van der Waals surface area contributed by atoms with E-state index in [0.29, 0.717) is 19.0 Å². The third-order valence-corrected chi connectivity index (χ3v) is 1.78. The molecule has 0 radical (unpaired) electrons. The van der Waals surface area contributed by atoms with E-state index in [2.05, 4.69) is 34.6 Å². The van der Waals surface area contributed by atoms with Crippen LogP contribution in [0.4, 0.5) is 0 Å². The number of rotatable bonds is 5. The first-order valence-electron chi connectivity index (χ1n) is 4.50. The van der Waals surface area contributed by atoms with Crippen LogP contribution in [0.25, 0.3) is 0 Å². The summed E-state index contributed by atoms with van der Waals surface area (Å²) in [7, 11) is 3.43. The topological polar surface area (TPSA) is 64.9 Å². The molecule has 0 saturated heterocycles. The van der Waals surface area contributed by atoms with E-state index in [1.54, 1.807) is 14.2 Å². The molecule has 1 aromatic rings. The van der Waals surface area contributed by atoms with Crippen molar-refractivity contribution in [1.29, 1.82) is 0 Å². The lowest BCUT2D eigenvalue weighted by molar-refractivity contribution is 0.127. The Morgan fingerprint density at radius 3 is 2.71 bits per heavy atom. The molecule has 0 saturated carbocycles. The summed E-state index contributed by atoms with van der Waals surface area (Å²) >= 11 is 0. The summed E-state index contributed by atoms with van der Waals surface area (Å²) in [6.45, 7) is 5.37. The van der Waals surface area contributed by atoms with E-state index in [0.717, 1.165) is 0 Å². The number of nitrogens with one attached hydrogen (secondary N) is 1. The summed E-state index contributed by atoms with van der Waals surface area (Å²) in [4.78, 5) is 1.44. The average Bonchev–Trinajstić information content (AvgIpc) is 2.48. The lowest BCUT2D eigenvalue weighted by Gasteiger charge is -2.24. The van der Waals surface area contributed by atoms with E-state index in [1.807, 2.05) is 0 Å². The van der Waals surface area contributed by atoms with Crippen LogP contribution in [0.5, 0.6) is 0 Å². The number of aryl methyl sites for hydroxylation is 1. The molecular formula is C8H17N5O. The van der Waals surface area contributed by atoms with Crippen molar-refractivity contribution in [3.05, 3.63) is 5.82 Å². The molecule has 0 spiro atoms. The van der Waals surface area contributed by atoms with Crippen molar-refractivity contribution in [2.75, 3.05) is 13.7 Å². The number of nitrogens with zero attached hydrogens (tertiary/aromatic N) is 4. The summed E-state index contributed by atoms with van der Waals surface area (Å²) in [5.41, 5.74) is -0.0754. The third kappa shape index (κ3) is 3.39. The Bertz CT molecular complexity index is 283. The molecule has 0 aliphatic rings. The van der Waals surface area contributed by atoms with Crippen molar-refractivity contribution >= 4 is 0 Å². The molecule has 0 aliphatic carbocycles. The van der Waals surface area contributed by atoms with Crippen LogP contribution in [-0.2, 0) is 18.3 Å². The molecule has 1 rings (SSSR count). The van der Waals surface area contributed by atoms with Gasteiger partial charge < -0.3 is 10.1 Å². The zero-order chi connectivity index (χ0) is 10.6. The fourth-order valence-corrected chi connectivity index (χ4v) is 1.12. The minimum Gasteiger partial charge on any atom is -0.383 e. The van der Waals surface area contributed by atoms with Gasteiger partial charge in [-0.3, -0.25) is 0 Å². The normalized spacial score (nSPS) is 12.0. The molecule has 0 bridgehead atoms. The van der Waals surface area contributed by atoms with E-state index >= 15 is 0 Å². The summed E-state index contributed by atoms with van der Waals surface area (Å²) in [6, 6.07) is 0. The van der Waals surface area contributed by atoms with E-state index in [1.165, 1.54) is 4.80 Å². The maximum absolute atomic E-state index is 5.08. The number of methoxy groups -OCH3 is 1. The second-order valence-corrected chi connectivity index (χ2v) is 3.87. The molecule has 6 nitrogen and oxygen atoms in total. The molecule has 14 heavy (non-hydrogen) atoms. The van der Waals surface area contributed by atoms with Gasteiger partial charge in [-0.2, -0.15) is 4.80 Å². The van der Waals surface area contributed by atoms with Crippen LogP contribution < -0.4 is 5.32 Å². The minimum atomic E-state index is -0.0754. The molecule has 1 heterocycles. The van der Waals surface area contributed by atoms with Gasteiger partial charge in [-0.1, -0.05) is 0 Å². The first-order valence-corrected chi connectivity index (χ1v) is 4.50. The van der Waals surface area contributed by atoms with Crippen molar-refractivity contribution in [2.45, 2.75) is 25.9 Å². The summed E-state index contributed by atoms with van der Waals surface area (Å²) in [5.74, 6) is 0.691. The Balaban J connectivity index is 2.40. The van der Waals surface area contributed by atoms with Crippen molar-refractivity contribution in [3.63, 3.8) is 0 Å². The lowest BCUT2D eigenvalue weighted by Crippen LogP contribution is -2.42. The molecular weight excluding hydrogens is 182 g/mol. The van der Waals surface area contributed by atoms with E-state index in [4.69, 9.17) is 4.74 Å². The highest BCUT2D eigenvalue weighted by Crippen LogP contribution is 2.02. The smallest absolute Gasteiger partial charge is 0.188 e. The van der Waals surface area contributed by atoms with Gasteiger partial charge in [-0.05, 0) is 19.1 Å². The lowest BCUT2D eigenvalue weighted by atomic mass is 10.1. The zero-order valence-electron chi connectivity index (χ0n) is 9.11. The Morgan fingerprint density at radius 1 is 1.50 bits per heavy atom. The standard InChI is InChI=1S/C8H17N5O/c1-8(2,6-14-4)9-5-7-10-12-13(3)11-7/h9H,5-6H2,1-4H3. The van der Waals surface area contributed by atoms with Crippen LogP contribution in [0.1, 0.15) is 19.7 Å². The van der Waals surface area contributed by atoms with Gasteiger partial charge >= 0.3 is 0 Å². The van der Waals surface area contributed by atoms with Crippen molar-refractivity contribution < 1.29 is 4.74 Å². The van der Waals surface area contributed by atoms with Crippen LogP contribution in [-0.4, -0.2) is 39.5 Å². The number of aromatic nitrogens is 4. The van der Waals surface area contributed by atoms with Crippen LogP contribution in [0.2, 0.25) is 0 Å². The Hall–Kier alpha value is -1.01. The molecule has 1 N–H and O–H groups in total. The predicted molar refractivity (Wildman–Crippen MR) is 51.6 cm³/mol. The zero-order valence-corrected chi connectivity index (χ0v) is 9.11. The summed E-state index contributed by atoms with van der Waals surface area (Å²) in [5, 5.41) is 15.0. The van der Waals surface area contributed by atoms with Crippen LogP contribution in [0.3, 0.4) is 0 Å². The molecule has 80 valence electrons. The summed E-state index contributed by atoms with van der Waals surface area (Å²) < 4.78 is 5.08. The fourth-order valence-electron chi connectivity index (χ4n) is 1.12. The highest BCUT2D eigenvalue weighted by molar-refractivity contribution is 4.82. The van der Waals surface area contributed by atoms with Crippen LogP contribution in [0.15, 0.2) is 0 Å². The molecule has 1 aromatic heterocycles. The third-order valence-electron chi connectivity index (χ3n) is 1.78. The fraction of sp³-hybridized carbons (Fsp3) is 0.875. The van der Waals surface area contributed by atoms with Gasteiger partial charge in [-0.15, -0.1) is 10.2 Å².